The van der Waals surface area contributed by atoms with E-state index in [2.05, 4.69) is 5.32 Å². The number of hydrogen-bond donors (Lipinski definition) is 2. The van der Waals surface area contributed by atoms with E-state index >= 15 is 0 Å². The molecule has 0 saturated heterocycles. The van der Waals surface area contributed by atoms with Gasteiger partial charge in [0, 0.05) is 12.6 Å². The van der Waals surface area contributed by atoms with Gasteiger partial charge in [-0.3, -0.25) is 4.79 Å². The van der Waals surface area contributed by atoms with Crippen LogP contribution >= 0.6 is 0 Å². The van der Waals surface area contributed by atoms with Gasteiger partial charge in [0.25, 0.3) is 0 Å². The molecule has 1 aromatic carbocycles. The van der Waals surface area contributed by atoms with Gasteiger partial charge in [-0.25, -0.2) is 0 Å². The van der Waals surface area contributed by atoms with Crippen LogP contribution in [0.1, 0.15) is 38.5 Å². The Morgan fingerprint density at radius 3 is 2.61 bits per heavy atom. The number of amides is 1. The van der Waals surface area contributed by atoms with E-state index in [-0.39, 0.29) is 11.9 Å². The van der Waals surface area contributed by atoms with Crippen molar-refractivity contribution in [3.63, 3.8) is 0 Å². The third-order valence-electron chi connectivity index (χ3n) is 4.47. The molecule has 23 heavy (non-hydrogen) atoms. The first-order valence-electron chi connectivity index (χ1n) is 8.50. The molecule has 1 amide bonds. The minimum Gasteiger partial charge on any atom is -0.493 e. The molecule has 5 nitrogen and oxygen atoms in total. The zero-order valence-corrected chi connectivity index (χ0v) is 13.9. The van der Waals surface area contributed by atoms with Gasteiger partial charge in [-0.15, -0.1) is 0 Å². The van der Waals surface area contributed by atoms with Gasteiger partial charge in [0.2, 0.25) is 5.91 Å². The van der Waals surface area contributed by atoms with Crippen LogP contribution in [0, 0.1) is 5.92 Å². The maximum Gasteiger partial charge on any atom is 0.223 e. The van der Waals surface area contributed by atoms with Crippen LogP contribution in [-0.2, 0) is 4.79 Å². The molecule has 2 rings (SSSR count). The zero-order chi connectivity index (χ0) is 16.5. The van der Waals surface area contributed by atoms with Crippen LogP contribution in [0.2, 0.25) is 0 Å². The number of methoxy groups -OCH3 is 1. The van der Waals surface area contributed by atoms with Gasteiger partial charge < -0.3 is 20.5 Å². The number of nitrogens with two attached hydrogens (primary N) is 1. The molecule has 0 spiro atoms. The Labute approximate surface area is 138 Å². The Hall–Kier alpha value is -1.75. The summed E-state index contributed by atoms with van der Waals surface area (Å²) in [6.45, 7) is 0.831. The van der Waals surface area contributed by atoms with Crippen molar-refractivity contribution >= 4 is 5.91 Å². The molecule has 1 aromatic rings. The van der Waals surface area contributed by atoms with Crippen molar-refractivity contribution in [1.82, 2.24) is 5.32 Å². The highest BCUT2D eigenvalue weighted by molar-refractivity contribution is 5.76. The number of carbonyl (C=O) groups is 1. The highest BCUT2D eigenvalue weighted by atomic mass is 16.5. The van der Waals surface area contributed by atoms with E-state index in [1.165, 1.54) is 32.1 Å². The molecule has 1 aliphatic rings. The molecule has 5 heteroatoms. The summed E-state index contributed by atoms with van der Waals surface area (Å²) in [6.07, 6.45) is 6.44. The summed E-state index contributed by atoms with van der Waals surface area (Å²) in [5, 5.41) is 3.08. The van der Waals surface area contributed by atoms with Gasteiger partial charge in [0.15, 0.2) is 11.5 Å². The lowest BCUT2D eigenvalue weighted by atomic mass is 9.84. The van der Waals surface area contributed by atoms with Crippen LogP contribution in [0.3, 0.4) is 0 Å². The number of carbonyl (C=O) groups excluding carboxylic acids is 1. The van der Waals surface area contributed by atoms with Crippen LogP contribution in [0.4, 0.5) is 0 Å². The van der Waals surface area contributed by atoms with Crippen LogP contribution in [0.25, 0.3) is 0 Å². The summed E-state index contributed by atoms with van der Waals surface area (Å²) in [6, 6.07) is 7.53. The molecular weight excluding hydrogens is 292 g/mol. The van der Waals surface area contributed by atoms with E-state index < -0.39 is 0 Å². The molecule has 1 atom stereocenters. The third kappa shape index (κ3) is 5.43. The summed E-state index contributed by atoms with van der Waals surface area (Å²) >= 11 is 0. The molecular formula is C18H28N2O3. The zero-order valence-electron chi connectivity index (χ0n) is 13.9. The minimum absolute atomic E-state index is 0.000853. The fraction of sp³-hybridized carbons (Fsp3) is 0.611. The van der Waals surface area contributed by atoms with Crippen molar-refractivity contribution in [2.45, 2.75) is 44.6 Å². The van der Waals surface area contributed by atoms with Gasteiger partial charge in [-0.1, -0.05) is 31.4 Å². The summed E-state index contributed by atoms with van der Waals surface area (Å²) in [7, 11) is 1.60. The molecule has 0 heterocycles. The molecule has 1 aliphatic carbocycles. The number of nitrogens with one attached hydrogen (secondary N) is 1. The number of rotatable bonds is 8. The van der Waals surface area contributed by atoms with E-state index in [9.17, 15) is 4.79 Å². The van der Waals surface area contributed by atoms with Crippen LogP contribution in [0.15, 0.2) is 24.3 Å². The van der Waals surface area contributed by atoms with Gasteiger partial charge in [-0.2, -0.15) is 0 Å². The topological polar surface area (TPSA) is 73.6 Å². The smallest absolute Gasteiger partial charge is 0.223 e. The number of hydrogen-bond acceptors (Lipinski definition) is 4. The number of ether oxygens (including phenoxy) is 2. The highest BCUT2D eigenvalue weighted by Crippen LogP contribution is 2.27. The first-order valence-corrected chi connectivity index (χ1v) is 8.50. The average Bonchev–Trinajstić information content (AvgIpc) is 2.61. The van der Waals surface area contributed by atoms with Crippen molar-refractivity contribution < 1.29 is 14.3 Å². The predicted molar refractivity (Wildman–Crippen MR) is 90.7 cm³/mol. The van der Waals surface area contributed by atoms with Crippen molar-refractivity contribution in [3.8, 4) is 11.5 Å². The standard InChI is InChI=1S/C18H28N2O3/c1-22-16-9-5-6-10-17(16)23-12-11-18(21)20-15(13-19)14-7-3-2-4-8-14/h5-6,9-10,14-15H,2-4,7-8,11-13,19H2,1H3,(H,20,21). The second-order valence-electron chi connectivity index (χ2n) is 6.06. The lowest BCUT2D eigenvalue weighted by molar-refractivity contribution is -0.122. The molecule has 0 radical (unpaired) electrons. The highest BCUT2D eigenvalue weighted by Gasteiger charge is 2.23. The van der Waals surface area contributed by atoms with Gasteiger partial charge in [0.05, 0.1) is 20.1 Å². The fourth-order valence-electron chi connectivity index (χ4n) is 3.18. The number of benzene rings is 1. The lowest BCUT2D eigenvalue weighted by Gasteiger charge is -2.30. The van der Waals surface area contributed by atoms with Crippen molar-refractivity contribution in [3.05, 3.63) is 24.3 Å². The maximum atomic E-state index is 12.1. The SMILES string of the molecule is COc1ccccc1OCCC(=O)NC(CN)C1CCCCC1. The van der Waals surface area contributed by atoms with Crippen molar-refractivity contribution in [2.24, 2.45) is 11.7 Å². The molecule has 1 fully saturated rings. The second-order valence-corrected chi connectivity index (χ2v) is 6.06. The largest absolute Gasteiger partial charge is 0.493 e. The van der Waals surface area contributed by atoms with Crippen molar-refractivity contribution in [2.75, 3.05) is 20.3 Å². The molecule has 0 aliphatic heterocycles. The Balaban J connectivity index is 1.75. The van der Waals surface area contributed by atoms with Crippen LogP contribution < -0.4 is 20.5 Å². The average molecular weight is 320 g/mol. The Morgan fingerprint density at radius 1 is 1.26 bits per heavy atom. The normalized spacial score (nSPS) is 16.6. The molecule has 3 N–H and O–H groups in total. The minimum atomic E-state index is 0.000853. The van der Waals surface area contributed by atoms with Gasteiger partial charge in [0.1, 0.15) is 0 Å². The summed E-state index contributed by atoms with van der Waals surface area (Å²) in [4.78, 5) is 12.1. The Morgan fingerprint density at radius 2 is 1.96 bits per heavy atom. The first-order chi connectivity index (χ1) is 11.2. The maximum absolute atomic E-state index is 12.1. The predicted octanol–water partition coefficient (Wildman–Crippen LogP) is 2.49. The summed E-state index contributed by atoms with van der Waals surface area (Å²) in [5.41, 5.74) is 5.85. The first kappa shape index (κ1) is 17.6. The second kappa shape index (κ2) is 9.40. The van der Waals surface area contributed by atoms with E-state index in [0.29, 0.717) is 37.0 Å². The Kier molecular flexibility index (Phi) is 7.20. The van der Waals surface area contributed by atoms with Gasteiger partial charge in [-0.05, 0) is 30.9 Å². The van der Waals surface area contributed by atoms with E-state index in [1.807, 2.05) is 24.3 Å². The summed E-state index contributed by atoms with van der Waals surface area (Å²) in [5.74, 6) is 1.86. The Bertz CT molecular complexity index is 487. The van der Waals surface area contributed by atoms with E-state index in [4.69, 9.17) is 15.2 Å². The molecule has 128 valence electrons. The molecule has 0 bridgehead atoms. The van der Waals surface area contributed by atoms with Crippen molar-refractivity contribution in [1.29, 1.82) is 0 Å². The van der Waals surface area contributed by atoms with Gasteiger partial charge >= 0.3 is 0 Å². The molecule has 0 aromatic heterocycles. The number of para-hydroxylation sites is 2. The lowest BCUT2D eigenvalue weighted by Crippen LogP contribution is -2.46. The molecule has 1 unspecified atom stereocenters. The van der Waals surface area contributed by atoms with E-state index in [0.717, 1.165) is 0 Å². The monoisotopic (exact) mass is 320 g/mol. The third-order valence-corrected chi connectivity index (χ3v) is 4.47. The fourth-order valence-corrected chi connectivity index (χ4v) is 3.18. The quantitative estimate of drug-likeness (QED) is 0.772. The van der Waals surface area contributed by atoms with Crippen LogP contribution in [0.5, 0.6) is 11.5 Å². The molecule has 1 saturated carbocycles. The van der Waals surface area contributed by atoms with Crippen LogP contribution in [-0.4, -0.2) is 32.2 Å². The summed E-state index contributed by atoms with van der Waals surface area (Å²) < 4.78 is 10.9. The van der Waals surface area contributed by atoms with E-state index in [1.54, 1.807) is 7.11 Å².